The van der Waals surface area contributed by atoms with Gasteiger partial charge in [0.15, 0.2) is 9.84 Å². The van der Waals surface area contributed by atoms with Gasteiger partial charge in [0.2, 0.25) is 0 Å². The fourth-order valence-electron chi connectivity index (χ4n) is 15.2. The zero-order valence-electron chi connectivity index (χ0n) is 36.7. The van der Waals surface area contributed by atoms with Crippen LogP contribution >= 0.6 is 0 Å². The minimum atomic E-state index is -2.87. The lowest BCUT2D eigenvalue weighted by Gasteiger charge is -2.68. The molecule has 2 N–H and O–H groups in total. The van der Waals surface area contributed by atoms with E-state index in [0.717, 1.165) is 37.4 Å². The van der Waals surface area contributed by atoms with Crippen LogP contribution in [0, 0.1) is 68.5 Å². The van der Waals surface area contributed by atoms with Crippen molar-refractivity contribution in [3.05, 3.63) is 70.8 Å². The Balaban J connectivity index is 0.970. The van der Waals surface area contributed by atoms with Gasteiger partial charge in [0, 0.05) is 31.7 Å². The molecule has 0 amide bonds. The molecule has 0 spiro atoms. The Labute approximate surface area is 355 Å². The van der Waals surface area contributed by atoms with Gasteiger partial charge in [0.1, 0.15) is 0 Å². The van der Waals surface area contributed by atoms with Crippen molar-refractivity contribution in [1.82, 2.24) is 10.2 Å². The Morgan fingerprint density at radius 1 is 0.949 bits per heavy atom. The number of sulfone groups is 1. The van der Waals surface area contributed by atoms with Crippen LogP contribution in [-0.4, -0.2) is 74.2 Å². The number of allylic oxidation sites excluding steroid dienone is 5. The van der Waals surface area contributed by atoms with E-state index in [1.165, 1.54) is 68.1 Å². The standard InChI is InChI=1S/C50H71N3O5S/c1-34(2)38-17-22-50(52-25-26-53-27-29-59(56,57)30-28-53)24-23-47(5)40-13-14-43-46(3,4)39(18-19-48(43,6)41(40)11-12-42(47)44(38)50)35-15-20-49(21-16-35,45(54)55)33-58-32-37-10-8-7-9-36(37)31-51/h7-10,15,18,38,40-44,52H,1,11-14,16-17,19-30,32-33H2,2-6H3,(H,54,55)/t38-,40?,41-,42+,43-,44+,47-,48+,49?,50-/m0/s1. The normalized spacial score (nSPS) is 39.9. The van der Waals surface area contributed by atoms with E-state index < -0.39 is 21.2 Å². The molecule has 1 aromatic carbocycles. The highest BCUT2D eigenvalue weighted by Gasteiger charge is 2.66. The number of aliphatic carboxylic acids is 1. The van der Waals surface area contributed by atoms with Crippen molar-refractivity contribution >= 4 is 15.8 Å². The summed E-state index contributed by atoms with van der Waals surface area (Å²) in [6.45, 7) is 20.7. The fraction of sp³-hybridized carbons (Fsp3) is 0.720. The van der Waals surface area contributed by atoms with Gasteiger partial charge in [-0.25, -0.2) is 8.42 Å². The van der Waals surface area contributed by atoms with Gasteiger partial charge in [-0.3, -0.25) is 4.79 Å². The number of nitrogens with zero attached hydrogens (tertiary/aromatic N) is 2. The van der Waals surface area contributed by atoms with Crippen molar-refractivity contribution in [2.24, 2.45) is 57.2 Å². The molecule has 1 saturated heterocycles. The first kappa shape index (κ1) is 42.9. The Morgan fingerprint density at radius 3 is 2.36 bits per heavy atom. The summed E-state index contributed by atoms with van der Waals surface area (Å²) in [5.74, 6) is 3.63. The Kier molecular flexibility index (Phi) is 11.5. The van der Waals surface area contributed by atoms with Crippen molar-refractivity contribution in [3.8, 4) is 6.07 Å². The number of rotatable bonds is 11. The summed E-state index contributed by atoms with van der Waals surface area (Å²) in [5, 5.41) is 24.2. The number of nitrogens with one attached hydrogen (secondary N) is 1. The number of benzene rings is 1. The monoisotopic (exact) mass is 826 g/mol. The second kappa shape index (κ2) is 15.9. The zero-order valence-corrected chi connectivity index (χ0v) is 37.5. The molecule has 8 nitrogen and oxygen atoms in total. The number of ether oxygens (including phenoxy) is 1. The molecule has 59 heavy (non-hydrogen) atoms. The largest absolute Gasteiger partial charge is 0.481 e. The third kappa shape index (κ3) is 7.42. The van der Waals surface area contributed by atoms with Gasteiger partial charge in [-0.2, -0.15) is 5.26 Å². The van der Waals surface area contributed by atoms with Gasteiger partial charge < -0.3 is 20.1 Å². The number of hydrogen-bond donors (Lipinski definition) is 2. The van der Waals surface area contributed by atoms with E-state index in [4.69, 9.17) is 4.74 Å². The minimum Gasteiger partial charge on any atom is -0.481 e. The van der Waals surface area contributed by atoms with Crippen molar-refractivity contribution in [2.75, 3.05) is 44.3 Å². The summed E-state index contributed by atoms with van der Waals surface area (Å²) < 4.78 is 30.2. The molecule has 0 bridgehead atoms. The van der Waals surface area contributed by atoms with E-state index in [2.05, 4.69) is 69.6 Å². The maximum atomic E-state index is 12.8. The lowest BCUT2D eigenvalue weighted by atomic mass is 9.37. The van der Waals surface area contributed by atoms with Gasteiger partial charge in [-0.05, 0) is 159 Å². The maximum absolute atomic E-state index is 12.8. The van der Waals surface area contributed by atoms with Crippen molar-refractivity contribution in [3.63, 3.8) is 0 Å². The van der Waals surface area contributed by atoms with Crippen LogP contribution in [0.3, 0.4) is 0 Å². The molecule has 1 aliphatic heterocycles. The van der Waals surface area contributed by atoms with E-state index in [1.807, 2.05) is 18.2 Å². The maximum Gasteiger partial charge on any atom is 0.312 e. The first-order valence-electron chi connectivity index (χ1n) is 23.0. The molecule has 2 unspecified atom stereocenters. The molecule has 322 valence electrons. The van der Waals surface area contributed by atoms with Crippen LogP contribution in [0.5, 0.6) is 0 Å². The number of fused-ring (bicyclic) bond motifs is 7. The predicted octanol–water partition coefficient (Wildman–Crippen LogP) is 9.13. The highest BCUT2D eigenvalue weighted by atomic mass is 32.2. The molecule has 1 aromatic rings. The SMILES string of the molecule is C=C(C)[C@@H]1CC[C@]2(NCCN3CCS(=O)(=O)CC3)CC[C@@]3(C)C4CC[C@H]5C(C)(C)C(C6=CCC(COCc7ccccc7C#N)(C(=O)O)CC6)=CC[C@]5(C)[C@H]4CC[C@@H]3[C@@H]12. The van der Waals surface area contributed by atoms with E-state index >= 15 is 0 Å². The van der Waals surface area contributed by atoms with Crippen LogP contribution in [0.4, 0.5) is 0 Å². The second-order valence-corrected chi connectivity index (χ2v) is 23.8. The van der Waals surface area contributed by atoms with Gasteiger partial charge >= 0.3 is 5.97 Å². The number of hydrogen-bond acceptors (Lipinski definition) is 7. The van der Waals surface area contributed by atoms with Crippen LogP contribution < -0.4 is 5.32 Å². The van der Waals surface area contributed by atoms with Crippen molar-refractivity contribution < 1.29 is 23.1 Å². The Hall–Kier alpha value is -2.77. The average Bonchev–Trinajstić information content (AvgIpc) is 3.59. The summed E-state index contributed by atoms with van der Waals surface area (Å²) in [6.07, 6.45) is 17.8. The van der Waals surface area contributed by atoms with Crippen LogP contribution in [0.1, 0.15) is 123 Å². The molecule has 6 aliphatic carbocycles. The molecular formula is C50H71N3O5S. The van der Waals surface area contributed by atoms with E-state index in [-0.39, 0.29) is 29.6 Å². The number of nitriles is 1. The van der Waals surface area contributed by atoms with E-state index in [0.29, 0.717) is 78.0 Å². The third-order valence-electron chi connectivity index (χ3n) is 18.4. The lowest BCUT2D eigenvalue weighted by Crippen LogP contribution is -2.65. The van der Waals surface area contributed by atoms with Gasteiger partial charge in [-0.15, -0.1) is 0 Å². The Morgan fingerprint density at radius 2 is 1.66 bits per heavy atom. The number of carbonyl (C=O) groups is 1. The lowest BCUT2D eigenvalue weighted by molar-refractivity contribution is -0.170. The van der Waals surface area contributed by atoms with E-state index in [1.54, 1.807) is 6.07 Å². The summed E-state index contributed by atoms with van der Waals surface area (Å²) in [5.41, 5.74) is 5.26. The summed E-state index contributed by atoms with van der Waals surface area (Å²) in [4.78, 5) is 15.1. The first-order valence-corrected chi connectivity index (χ1v) is 24.8. The first-order chi connectivity index (χ1) is 28.0. The number of carboxylic acid groups (broad SMARTS) is 1. The smallest absolute Gasteiger partial charge is 0.312 e. The molecule has 0 radical (unpaired) electrons. The van der Waals surface area contributed by atoms with Crippen LogP contribution in [0.25, 0.3) is 0 Å². The molecular weight excluding hydrogens is 755 g/mol. The molecule has 4 saturated carbocycles. The quantitative estimate of drug-likeness (QED) is 0.212. The van der Waals surface area contributed by atoms with Gasteiger partial charge in [-0.1, -0.05) is 70.2 Å². The molecule has 10 atom stereocenters. The fourth-order valence-corrected chi connectivity index (χ4v) is 16.4. The zero-order chi connectivity index (χ0) is 42.0. The molecule has 5 fully saturated rings. The molecule has 9 heteroatoms. The topological polar surface area (TPSA) is 120 Å². The third-order valence-corrected chi connectivity index (χ3v) is 20.0. The second-order valence-electron chi connectivity index (χ2n) is 21.5. The predicted molar refractivity (Wildman–Crippen MR) is 234 cm³/mol. The molecule has 0 aromatic heterocycles. The van der Waals surface area contributed by atoms with Gasteiger partial charge in [0.25, 0.3) is 0 Å². The molecule has 1 heterocycles. The molecule has 8 rings (SSSR count). The average molecular weight is 826 g/mol. The number of carboxylic acids is 1. The summed E-state index contributed by atoms with van der Waals surface area (Å²) in [7, 11) is -2.87. The van der Waals surface area contributed by atoms with Crippen molar-refractivity contribution in [1.29, 1.82) is 5.26 Å². The summed E-state index contributed by atoms with van der Waals surface area (Å²) in [6, 6.07) is 9.59. The highest BCUT2D eigenvalue weighted by Crippen LogP contribution is 2.72. The van der Waals surface area contributed by atoms with E-state index in [9.17, 15) is 23.6 Å². The van der Waals surface area contributed by atoms with Crippen LogP contribution in [-0.2, 0) is 26.0 Å². The summed E-state index contributed by atoms with van der Waals surface area (Å²) >= 11 is 0. The van der Waals surface area contributed by atoms with Crippen LogP contribution in [0.2, 0.25) is 0 Å². The minimum absolute atomic E-state index is 0.00294. The Bertz CT molecular complexity index is 2020. The van der Waals surface area contributed by atoms with Crippen molar-refractivity contribution in [2.45, 2.75) is 124 Å². The van der Waals surface area contributed by atoms with Gasteiger partial charge in [0.05, 0.1) is 41.8 Å². The highest BCUT2D eigenvalue weighted by molar-refractivity contribution is 7.91. The van der Waals surface area contributed by atoms with Crippen LogP contribution in [0.15, 0.2) is 59.7 Å². The molecule has 7 aliphatic rings.